The minimum Gasteiger partial charge on any atom is -0.375 e. The number of carbonyl (C=O) groups is 1. The highest BCUT2D eigenvalue weighted by molar-refractivity contribution is 7.22. The molecule has 3 rings (SSSR count). The van der Waals surface area contributed by atoms with Gasteiger partial charge in [-0.15, -0.1) is 0 Å². The molecule has 1 fully saturated rings. The van der Waals surface area contributed by atoms with Crippen molar-refractivity contribution in [2.75, 3.05) is 36.8 Å². The van der Waals surface area contributed by atoms with E-state index in [1.807, 2.05) is 11.0 Å². The number of piperazine rings is 1. The summed E-state index contributed by atoms with van der Waals surface area (Å²) in [5, 5.41) is 0.605. The molecule has 2 N–H and O–H groups in total. The number of nitrogens with zero attached hydrogens (tertiary/aromatic N) is 3. The molecule has 0 radical (unpaired) electrons. The number of nitrogen functional groups attached to an aromatic ring is 1. The first-order valence-electron chi connectivity index (χ1n) is 6.30. The van der Waals surface area contributed by atoms with E-state index in [1.54, 1.807) is 6.92 Å². The van der Waals surface area contributed by atoms with E-state index in [-0.39, 0.29) is 5.91 Å². The number of hydrogen-bond acceptors (Lipinski definition) is 5. The molecule has 5 nitrogen and oxygen atoms in total. The lowest BCUT2D eigenvalue weighted by Crippen LogP contribution is -2.48. The molecule has 0 spiro atoms. The van der Waals surface area contributed by atoms with Gasteiger partial charge in [-0.05, 0) is 18.2 Å². The summed E-state index contributed by atoms with van der Waals surface area (Å²) in [6.45, 7) is 4.96. The zero-order chi connectivity index (χ0) is 13.4. The van der Waals surface area contributed by atoms with Crippen LogP contribution in [0.1, 0.15) is 6.92 Å². The van der Waals surface area contributed by atoms with Gasteiger partial charge in [0.05, 0.1) is 10.2 Å². The largest absolute Gasteiger partial charge is 0.375 e. The summed E-state index contributed by atoms with van der Waals surface area (Å²) in [5.74, 6) is 0.158. The molecule has 0 aliphatic carbocycles. The van der Waals surface area contributed by atoms with Crippen molar-refractivity contribution in [1.82, 2.24) is 9.88 Å². The van der Waals surface area contributed by atoms with Crippen LogP contribution < -0.4 is 10.6 Å². The summed E-state index contributed by atoms with van der Waals surface area (Å²) in [4.78, 5) is 19.8. The second kappa shape index (κ2) is 4.70. The number of benzene rings is 1. The molecule has 0 atom stereocenters. The second-order valence-electron chi connectivity index (χ2n) is 4.70. The normalized spacial score (nSPS) is 16.1. The first-order chi connectivity index (χ1) is 9.13. The number of rotatable bonds is 1. The second-order valence-corrected chi connectivity index (χ2v) is 5.76. The first-order valence-corrected chi connectivity index (χ1v) is 7.11. The Bertz CT molecular complexity index is 616. The molecular weight excluding hydrogens is 260 g/mol. The number of nitrogens with two attached hydrogens (primary N) is 1. The van der Waals surface area contributed by atoms with Gasteiger partial charge in [0, 0.05) is 38.8 Å². The maximum absolute atomic E-state index is 11.3. The van der Waals surface area contributed by atoms with E-state index in [9.17, 15) is 4.79 Å². The maximum Gasteiger partial charge on any atom is 0.219 e. The summed E-state index contributed by atoms with van der Waals surface area (Å²) in [6.07, 6.45) is 0. The highest BCUT2D eigenvalue weighted by Crippen LogP contribution is 2.28. The average molecular weight is 276 g/mol. The lowest BCUT2D eigenvalue weighted by atomic mass is 10.2. The smallest absolute Gasteiger partial charge is 0.219 e. The molecule has 0 bridgehead atoms. The maximum atomic E-state index is 11.3. The number of aromatic nitrogens is 1. The Hall–Kier alpha value is -1.82. The number of carbonyl (C=O) groups excluding carboxylic acids is 1. The highest BCUT2D eigenvalue weighted by Gasteiger charge is 2.19. The zero-order valence-electron chi connectivity index (χ0n) is 10.8. The third kappa shape index (κ3) is 2.35. The predicted octanol–water partition coefficient (Wildman–Crippen LogP) is 1.55. The van der Waals surface area contributed by atoms with Crippen molar-refractivity contribution in [2.24, 2.45) is 0 Å². The van der Waals surface area contributed by atoms with Crippen LogP contribution in [0.5, 0.6) is 0 Å². The van der Waals surface area contributed by atoms with Gasteiger partial charge in [-0.25, -0.2) is 4.98 Å². The minimum absolute atomic E-state index is 0.158. The van der Waals surface area contributed by atoms with Gasteiger partial charge in [-0.1, -0.05) is 11.3 Å². The molecule has 100 valence electrons. The van der Waals surface area contributed by atoms with Crippen LogP contribution in [0.25, 0.3) is 10.2 Å². The molecule has 0 saturated carbocycles. The summed E-state index contributed by atoms with van der Waals surface area (Å²) in [6, 6.07) is 6.21. The standard InChI is InChI=1S/C13H16N4OS/c1-9(18)16-4-6-17(7-5-16)10-2-3-11-12(8-10)19-13(14)15-11/h2-3,8H,4-7H2,1H3,(H2,14,15). The predicted molar refractivity (Wildman–Crippen MR) is 78.5 cm³/mol. The van der Waals surface area contributed by atoms with Gasteiger partial charge in [0.15, 0.2) is 5.13 Å². The van der Waals surface area contributed by atoms with Gasteiger partial charge in [0.2, 0.25) is 5.91 Å². The first kappa shape index (κ1) is 12.2. The monoisotopic (exact) mass is 276 g/mol. The van der Waals surface area contributed by atoms with Gasteiger partial charge in [-0.3, -0.25) is 4.79 Å². The van der Waals surface area contributed by atoms with Crippen molar-refractivity contribution in [3.8, 4) is 0 Å². The molecule has 1 aliphatic heterocycles. The molecule has 1 amide bonds. The van der Waals surface area contributed by atoms with E-state index in [1.165, 1.54) is 17.0 Å². The van der Waals surface area contributed by atoms with Gasteiger partial charge >= 0.3 is 0 Å². The van der Waals surface area contributed by atoms with Crippen LogP contribution in [0.3, 0.4) is 0 Å². The van der Waals surface area contributed by atoms with E-state index in [0.29, 0.717) is 5.13 Å². The SMILES string of the molecule is CC(=O)N1CCN(c2ccc3nc(N)sc3c2)CC1. The Morgan fingerprint density at radius 1 is 1.32 bits per heavy atom. The number of fused-ring (bicyclic) bond motifs is 1. The van der Waals surface area contributed by atoms with Gasteiger partial charge < -0.3 is 15.5 Å². The minimum atomic E-state index is 0.158. The van der Waals surface area contributed by atoms with Gasteiger partial charge in [0.1, 0.15) is 0 Å². The van der Waals surface area contributed by atoms with Crippen LogP contribution in [0, 0.1) is 0 Å². The molecule has 2 aromatic rings. The fraction of sp³-hybridized carbons (Fsp3) is 0.385. The zero-order valence-corrected chi connectivity index (χ0v) is 11.6. The Labute approximate surface area is 115 Å². The van der Waals surface area contributed by atoms with Crippen molar-refractivity contribution in [3.63, 3.8) is 0 Å². The highest BCUT2D eigenvalue weighted by atomic mass is 32.1. The topological polar surface area (TPSA) is 62.5 Å². The fourth-order valence-corrected chi connectivity index (χ4v) is 3.17. The molecule has 2 heterocycles. The van der Waals surface area contributed by atoms with Crippen LogP contribution in [0.15, 0.2) is 18.2 Å². The molecule has 1 saturated heterocycles. The molecule has 1 aliphatic rings. The van der Waals surface area contributed by atoms with Gasteiger partial charge in [0.25, 0.3) is 0 Å². The van der Waals surface area contributed by atoms with Crippen LogP contribution in [0.4, 0.5) is 10.8 Å². The van der Waals surface area contributed by atoms with Crippen molar-refractivity contribution in [3.05, 3.63) is 18.2 Å². The van der Waals surface area contributed by atoms with Crippen LogP contribution in [0.2, 0.25) is 0 Å². The van der Waals surface area contributed by atoms with Crippen LogP contribution in [-0.4, -0.2) is 42.0 Å². The van der Waals surface area contributed by atoms with Crippen molar-refractivity contribution in [1.29, 1.82) is 0 Å². The lowest BCUT2D eigenvalue weighted by Gasteiger charge is -2.35. The Balaban J connectivity index is 1.79. The van der Waals surface area contributed by atoms with Gasteiger partial charge in [-0.2, -0.15) is 0 Å². The summed E-state index contributed by atoms with van der Waals surface area (Å²) < 4.78 is 1.11. The molecule has 19 heavy (non-hydrogen) atoms. The number of thiazole rings is 1. The Morgan fingerprint density at radius 2 is 2.05 bits per heavy atom. The van der Waals surface area contributed by atoms with E-state index in [0.717, 1.165) is 36.4 Å². The Morgan fingerprint density at radius 3 is 2.74 bits per heavy atom. The van der Waals surface area contributed by atoms with Crippen molar-refractivity contribution < 1.29 is 4.79 Å². The fourth-order valence-electron chi connectivity index (χ4n) is 2.41. The molecular formula is C13H16N4OS. The third-order valence-electron chi connectivity index (χ3n) is 3.48. The van der Waals surface area contributed by atoms with E-state index >= 15 is 0 Å². The molecule has 0 unspecified atom stereocenters. The lowest BCUT2D eigenvalue weighted by molar-refractivity contribution is -0.129. The van der Waals surface area contributed by atoms with E-state index < -0.39 is 0 Å². The van der Waals surface area contributed by atoms with E-state index in [2.05, 4.69) is 22.0 Å². The average Bonchev–Trinajstić information content (AvgIpc) is 2.77. The Kier molecular flexibility index (Phi) is 3.02. The van der Waals surface area contributed by atoms with Crippen molar-refractivity contribution in [2.45, 2.75) is 6.92 Å². The summed E-state index contributed by atoms with van der Waals surface area (Å²) >= 11 is 1.51. The molecule has 1 aromatic heterocycles. The number of amides is 1. The number of anilines is 2. The van der Waals surface area contributed by atoms with Crippen LogP contribution >= 0.6 is 11.3 Å². The number of hydrogen-bond donors (Lipinski definition) is 1. The van der Waals surface area contributed by atoms with Crippen molar-refractivity contribution >= 4 is 38.3 Å². The third-order valence-corrected chi connectivity index (χ3v) is 4.33. The quantitative estimate of drug-likeness (QED) is 0.858. The molecule has 1 aromatic carbocycles. The summed E-state index contributed by atoms with van der Waals surface area (Å²) in [7, 11) is 0. The summed E-state index contributed by atoms with van der Waals surface area (Å²) in [5.41, 5.74) is 7.85. The van der Waals surface area contributed by atoms with E-state index in [4.69, 9.17) is 5.73 Å². The molecule has 6 heteroatoms. The van der Waals surface area contributed by atoms with Crippen LogP contribution in [-0.2, 0) is 4.79 Å².